The van der Waals surface area contributed by atoms with Crippen molar-refractivity contribution in [3.63, 3.8) is 0 Å². The number of halogens is 2. The molecule has 3 atom stereocenters. The highest BCUT2D eigenvalue weighted by molar-refractivity contribution is 9.09. The van der Waals surface area contributed by atoms with E-state index < -0.39 is 0 Å². The molecule has 1 nitrogen and oxygen atoms in total. The Bertz CT molecular complexity index is 356. The Morgan fingerprint density at radius 2 is 2.38 bits per heavy atom. The van der Waals surface area contributed by atoms with Crippen molar-refractivity contribution in [2.45, 2.75) is 30.7 Å². The van der Waals surface area contributed by atoms with Crippen LogP contribution in [0.25, 0.3) is 0 Å². The Balaban J connectivity index is 1.99. The Labute approximate surface area is 104 Å². The number of ether oxygens (including phenoxy) is 1. The van der Waals surface area contributed by atoms with E-state index in [1.807, 2.05) is 6.07 Å². The highest BCUT2D eigenvalue weighted by atomic mass is 79.9. The molecule has 1 aliphatic rings. The molecule has 16 heavy (non-hydrogen) atoms. The molecular weight excluding hydrogens is 271 g/mol. The van der Waals surface area contributed by atoms with Gasteiger partial charge in [0.2, 0.25) is 0 Å². The molecule has 1 aromatic carbocycles. The van der Waals surface area contributed by atoms with Crippen LogP contribution in [0.2, 0.25) is 0 Å². The van der Waals surface area contributed by atoms with Gasteiger partial charge in [-0.25, -0.2) is 4.39 Å². The molecule has 88 valence electrons. The zero-order chi connectivity index (χ0) is 11.5. The van der Waals surface area contributed by atoms with Gasteiger partial charge < -0.3 is 4.74 Å². The van der Waals surface area contributed by atoms with E-state index in [2.05, 4.69) is 22.9 Å². The molecule has 3 unspecified atom stereocenters. The van der Waals surface area contributed by atoms with Crippen LogP contribution in [0, 0.1) is 11.7 Å². The summed E-state index contributed by atoms with van der Waals surface area (Å²) in [6.07, 6.45) is 2.25. The molecule has 0 N–H and O–H groups in total. The van der Waals surface area contributed by atoms with Crippen molar-refractivity contribution in [3.05, 3.63) is 35.6 Å². The fourth-order valence-corrected chi connectivity index (χ4v) is 3.33. The molecule has 0 spiro atoms. The van der Waals surface area contributed by atoms with E-state index >= 15 is 0 Å². The minimum absolute atomic E-state index is 0.159. The third-order valence-electron chi connectivity index (χ3n) is 3.22. The number of alkyl halides is 1. The molecule has 1 fully saturated rings. The Morgan fingerprint density at radius 1 is 1.56 bits per heavy atom. The lowest BCUT2D eigenvalue weighted by molar-refractivity contribution is 0.105. The van der Waals surface area contributed by atoms with Crippen LogP contribution in [0.15, 0.2) is 24.3 Å². The second-order valence-corrected chi connectivity index (χ2v) is 5.55. The average molecular weight is 287 g/mol. The summed E-state index contributed by atoms with van der Waals surface area (Å²) >= 11 is 3.70. The monoisotopic (exact) mass is 286 g/mol. The second-order valence-electron chi connectivity index (χ2n) is 4.38. The van der Waals surface area contributed by atoms with Gasteiger partial charge in [-0.1, -0.05) is 28.1 Å². The summed E-state index contributed by atoms with van der Waals surface area (Å²) in [6.45, 7) is 2.95. The molecule has 1 heterocycles. The highest BCUT2D eigenvalue weighted by Crippen LogP contribution is 2.30. The van der Waals surface area contributed by atoms with Crippen molar-refractivity contribution in [3.8, 4) is 0 Å². The minimum Gasteiger partial charge on any atom is -0.378 e. The van der Waals surface area contributed by atoms with Crippen LogP contribution in [0.5, 0.6) is 0 Å². The maximum atomic E-state index is 13.0. The van der Waals surface area contributed by atoms with Crippen LogP contribution in [-0.4, -0.2) is 17.5 Å². The first-order valence-corrected chi connectivity index (χ1v) is 6.58. The Morgan fingerprint density at radius 3 is 3.00 bits per heavy atom. The molecule has 3 heteroatoms. The summed E-state index contributed by atoms with van der Waals surface area (Å²) in [5.41, 5.74) is 1.04. The van der Waals surface area contributed by atoms with E-state index in [1.165, 1.54) is 6.07 Å². The largest absolute Gasteiger partial charge is 0.378 e. The number of rotatable bonds is 3. The molecule has 0 aromatic heterocycles. The lowest BCUT2D eigenvalue weighted by atomic mass is 9.94. The zero-order valence-corrected chi connectivity index (χ0v) is 10.9. The third-order valence-corrected chi connectivity index (χ3v) is 4.22. The van der Waals surface area contributed by atoms with Gasteiger partial charge in [0, 0.05) is 11.4 Å². The highest BCUT2D eigenvalue weighted by Gasteiger charge is 2.30. The van der Waals surface area contributed by atoms with Gasteiger partial charge >= 0.3 is 0 Å². The molecule has 1 saturated heterocycles. The first-order chi connectivity index (χ1) is 7.66. The first-order valence-electron chi connectivity index (χ1n) is 5.67. The summed E-state index contributed by atoms with van der Waals surface area (Å²) in [6, 6.07) is 6.82. The van der Waals surface area contributed by atoms with Gasteiger partial charge in [0.25, 0.3) is 0 Å². The summed E-state index contributed by atoms with van der Waals surface area (Å²) < 4.78 is 18.6. The lowest BCUT2D eigenvalue weighted by Crippen LogP contribution is -2.23. The maximum Gasteiger partial charge on any atom is 0.123 e. The van der Waals surface area contributed by atoms with Crippen molar-refractivity contribution >= 4 is 15.9 Å². The van der Waals surface area contributed by atoms with Crippen LogP contribution in [0.3, 0.4) is 0 Å². The smallest absolute Gasteiger partial charge is 0.123 e. The SMILES string of the molecule is CC1OCCC1C(Br)Cc1cccc(F)c1. The predicted octanol–water partition coefficient (Wildman–Crippen LogP) is 3.56. The zero-order valence-electron chi connectivity index (χ0n) is 9.33. The van der Waals surface area contributed by atoms with Gasteiger partial charge in [-0.15, -0.1) is 0 Å². The van der Waals surface area contributed by atoms with E-state index in [0.29, 0.717) is 16.8 Å². The minimum atomic E-state index is -0.159. The summed E-state index contributed by atoms with van der Waals surface area (Å²) in [5.74, 6) is 0.371. The van der Waals surface area contributed by atoms with Crippen molar-refractivity contribution in [2.24, 2.45) is 5.92 Å². The molecule has 0 amide bonds. The average Bonchev–Trinajstić information content (AvgIpc) is 2.64. The Hall–Kier alpha value is -0.410. The molecule has 0 radical (unpaired) electrons. The van der Waals surface area contributed by atoms with Crippen LogP contribution in [-0.2, 0) is 11.2 Å². The first kappa shape index (κ1) is 12.1. The molecule has 0 aliphatic carbocycles. The lowest BCUT2D eigenvalue weighted by Gasteiger charge is -2.20. The molecule has 1 aliphatic heterocycles. The molecule has 0 saturated carbocycles. The van der Waals surface area contributed by atoms with Gasteiger partial charge in [-0.3, -0.25) is 0 Å². The van der Waals surface area contributed by atoms with E-state index in [1.54, 1.807) is 12.1 Å². The number of benzene rings is 1. The van der Waals surface area contributed by atoms with E-state index in [9.17, 15) is 4.39 Å². The summed E-state index contributed by atoms with van der Waals surface area (Å²) in [4.78, 5) is 0.367. The topological polar surface area (TPSA) is 9.23 Å². The van der Waals surface area contributed by atoms with E-state index in [4.69, 9.17) is 4.74 Å². The number of hydrogen-bond donors (Lipinski definition) is 0. The second kappa shape index (κ2) is 5.28. The van der Waals surface area contributed by atoms with Gasteiger partial charge in [-0.2, -0.15) is 0 Å². The van der Waals surface area contributed by atoms with Crippen LogP contribution in [0.4, 0.5) is 4.39 Å². The van der Waals surface area contributed by atoms with Gasteiger partial charge in [-0.05, 0) is 43.4 Å². The molecule has 0 bridgehead atoms. The predicted molar refractivity (Wildman–Crippen MR) is 66.3 cm³/mol. The number of hydrogen-bond acceptors (Lipinski definition) is 1. The van der Waals surface area contributed by atoms with Crippen LogP contribution in [0.1, 0.15) is 18.9 Å². The van der Waals surface area contributed by atoms with Crippen molar-refractivity contribution in [2.75, 3.05) is 6.61 Å². The fraction of sp³-hybridized carbons (Fsp3) is 0.538. The Kier molecular flexibility index (Phi) is 3.98. The summed E-state index contributed by atoms with van der Waals surface area (Å²) in [7, 11) is 0. The maximum absolute atomic E-state index is 13.0. The van der Waals surface area contributed by atoms with Gasteiger partial charge in [0.15, 0.2) is 0 Å². The molecule has 2 rings (SSSR count). The standard InChI is InChI=1S/C13H16BrFO/c1-9-12(5-6-16-9)13(14)8-10-3-2-4-11(15)7-10/h2-4,7,9,12-13H,5-6,8H2,1H3. The summed E-state index contributed by atoms with van der Waals surface area (Å²) in [5, 5.41) is 0. The quantitative estimate of drug-likeness (QED) is 0.772. The third kappa shape index (κ3) is 2.83. The molecule has 1 aromatic rings. The van der Waals surface area contributed by atoms with E-state index in [0.717, 1.165) is 25.0 Å². The fourth-order valence-electron chi connectivity index (χ4n) is 2.26. The van der Waals surface area contributed by atoms with Crippen molar-refractivity contribution in [1.82, 2.24) is 0 Å². The van der Waals surface area contributed by atoms with Crippen LogP contribution < -0.4 is 0 Å². The van der Waals surface area contributed by atoms with Crippen LogP contribution >= 0.6 is 15.9 Å². The van der Waals surface area contributed by atoms with Crippen molar-refractivity contribution < 1.29 is 9.13 Å². The van der Waals surface area contributed by atoms with Crippen molar-refractivity contribution in [1.29, 1.82) is 0 Å². The molecular formula is C13H16BrFO. The normalized spacial score (nSPS) is 26.9. The van der Waals surface area contributed by atoms with E-state index in [-0.39, 0.29) is 5.82 Å². The van der Waals surface area contributed by atoms with Gasteiger partial charge in [0.05, 0.1) is 6.10 Å². The van der Waals surface area contributed by atoms with Gasteiger partial charge in [0.1, 0.15) is 5.82 Å².